The van der Waals surface area contributed by atoms with E-state index in [1.165, 1.54) is 0 Å². The second kappa shape index (κ2) is 16.8. The molecule has 0 heterocycles. The van der Waals surface area contributed by atoms with E-state index < -0.39 is 12.1 Å². The molecule has 0 amide bonds. The van der Waals surface area contributed by atoms with Gasteiger partial charge in [-0.1, -0.05) is 51.9 Å². The Morgan fingerprint density at radius 3 is 2.04 bits per heavy atom. The first-order valence-electron chi connectivity index (χ1n) is 10.2. The van der Waals surface area contributed by atoms with E-state index in [1.807, 2.05) is 0 Å². The highest BCUT2D eigenvalue weighted by Crippen LogP contribution is 2.24. The Labute approximate surface area is 153 Å². The second-order valence-corrected chi connectivity index (χ2v) is 7.27. The van der Waals surface area contributed by atoms with E-state index >= 15 is 0 Å². The molecule has 0 bridgehead atoms. The van der Waals surface area contributed by atoms with Crippen molar-refractivity contribution in [3.05, 3.63) is 0 Å². The Bertz CT molecular complexity index is 308. The van der Waals surface area contributed by atoms with Gasteiger partial charge in [-0.15, -0.1) is 0 Å². The van der Waals surface area contributed by atoms with E-state index in [-0.39, 0.29) is 25.0 Å². The van der Waals surface area contributed by atoms with Gasteiger partial charge < -0.3 is 20.4 Å². The average Bonchev–Trinajstić information content (AvgIpc) is 2.56. The minimum Gasteiger partial charge on any atom is -0.481 e. The van der Waals surface area contributed by atoms with E-state index in [4.69, 9.17) is 10.2 Å². The van der Waals surface area contributed by atoms with Crippen molar-refractivity contribution in [2.45, 2.75) is 109 Å². The molecule has 0 saturated heterocycles. The zero-order chi connectivity index (χ0) is 18.9. The molecular weight excluding hydrogens is 320 g/mol. The van der Waals surface area contributed by atoms with Crippen LogP contribution in [0.2, 0.25) is 0 Å². The van der Waals surface area contributed by atoms with Gasteiger partial charge in [-0.25, -0.2) is 0 Å². The molecule has 0 aliphatic heterocycles. The number of aliphatic carboxylic acids is 1. The van der Waals surface area contributed by atoms with Crippen molar-refractivity contribution >= 4 is 5.97 Å². The number of hydrogen-bond acceptors (Lipinski definition) is 4. The summed E-state index contributed by atoms with van der Waals surface area (Å²) in [6.45, 7) is 2.15. The minimum atomic E-state index is -0.742. The predicted molar refractivity (Wildman–Crippen MR) is 101 cm³/mol. The molecule has 4 N–H and O–H groups in total. The zero-order valence-electron chi connectivity index (χ0n) is 16.0. The number of carboxylic acids is 1. The highest BCUT2D eigenvalue weighted by Gasteiger charge is 2.18. The first-order chi connectivity index (χ1) is 12.0. The SMILES string of the molecule is CCCCCC(O)CCCC(CCCCCCC(=O)O)C(O)CCO. The molecular formula is C20H40O5. The molecule has 3 unspecified atom stereocenters. The summed E-state index contributed by atoms with van der Waals surface area (Å²) in [6.07, 6.45) is 11.2. The lowest BCUT2D eigenvalue weighted by Gasteiger charge is -2.23. The number of carboxylic acid groups (broad SMARTS) is 1. The van der Waals surface area contributed by atoms with E-state index in [1.54, 1.807) is 0 Å². The average molecular weight is 361 g/mol. The van der Waals surface area contributed by atoms with Crippen LogP contribution in [0.4, 0.5) is 0 Å². The Morgan fingerprint density at radius 1 is 0.800 bits per heavy atom. The third kappa shape index (κ3) is 15.3. The van der Waals surface area contributed by atoms with Crippen LogP contribution >= 0.6 is 0 Å². The number of aliphatic hydroxyl groups is 3. The van der Waals surface area contributed by atoms with Gasteiger partial charge in [0.05, 0.1) is 12.2 Å². The van der Waals surface area contributed by atoms with Crippen LogP contribution in [0.15, 0.2) is 0 Å². The van der Waals surface area contributed by atoms with Crippen molar-refractivity contribution in [2.75, 3.05) is 6.61 Å². The fourth-order valence-corrected chi connectivity index (χ4v) is 3.32. The fraction of sp³-hybridized carbons (Fsp3) is 0.950. The van der Waals surface area contributed by atoms with E-state index in [0.29, 0.717) is 12.8 Å². The normalized spacial score (nSPS) is 15.0. The molecule has 0 radical (unpaired) electrons. The summed E-state index contributed by atoms with van der Waals surface area (Å²) in [7, 11) is 0. The number of aliphatic hydroxyl groups excluding tert-OH is 3. The molecule has 25 heavy (non-hydrogen) atoms. The lowest BCUT2D eigenvalue weighted by Crippen LogP contribution is -2.22. The van der Waals surface area contributed by atoms with Crippen LogP contribution in [-0.4, -0.2) is 45.2 Å². The van der Waals surface area contributed by atoms with Crippen LogP contribution in [0.3, 0.4) is 0 Å². The van der Waals surface area contributed by atoms with Gasteiger partial charge in [-0.05, 0) is 44.4 Å². The summed E-state index contributed by atoms with van der Waals surface area (Å²) in [5, 5.41) is 37.9. The third-order valence-corrected chi connectivity index (χ3v) is 4.94. The molecule has 0 rings (SSSR count). The summed E-state index contributed by atoms with van der Waals surface area (Å²) in [6, 6.07) is 0. The van der Waals surface area contributed by atoms with Crippen molar-refractivity contribution in [3.8, 4) is 0 Å². The Balaban J connectivity index is 3.98. The van der Waals surface area contributed by atoms with E-state index in [9.17, 15) is 15.0 Å². The summed E-state index contributed by atoms with van der Waals surface area (Å²) in [4.78, 5) is 10.5. The summed E-state index contributed by atoms with van der Waals surface area (Å²) >= 11 is 0. The number of unbranched alkanes of at least 4 members (excludes halogenated alkanes) is 5. The van der Waals surface area contributed by atoms with Gasteiger partial charge in [0.2, 0.25) is 0 Å². The monoisotopic (exact) mass is 360 g/mol. The van der Waals surface area contributed by atoms with Crippen molar-refractivity contribution in [1.82, 2.24) is 0 Å². The molecule has 0 aliphatic rings. The van der Waals surface area contributed by atoms with Gasteiger partial charge >= 0.3 is 5.97 Å². The quantitative estimate of drug-likeness (QED) is 0.278. The maximum Gasteiger partial charge on any atom is 0.303 e. The van der Waals surface area contributed by atoms with Crippen molar-refractivity contribution in [3.63, 3.8) is 0 Å². The van der Waals surface area contributed by atoms with Crippen LogP contribution in [-0.2, 0) is 4.79 Å². The number of hydrogen-bond donors (Lipinski definition) is 4. The molecule has 0 aromatic carbocycles. The summed E-state index contributed by atoms with van der Waals surface area (Å²) in [5.41, 5.74) is 0. The Morgan fingerprint density at radius 2 is 1.40 bits per heavy atom. The van der Waals surface area contributed by atoms with Gasteiger partial charge in [-0.3, -0.25) is 4.79 Å². The lowest BCUT2D eigenvalue weighted by atomic mass is 9.88. The van der Waals surface area contributed by atoms with Crippen LogP contribution in [0, 0.1) is 5.92 Å². The third-order valence-electron chi connectivity index (χ3n) is 4.94. The molecule has 150 valence electrons. The fourth-order valence-electron chi connectivity index (χ4n) is 3.32. The lowest BCUT2D eigenvalue weighted by molar-refractivity contribution is -0.137. The van der Waals surface area contributed by atoms with Crippen molar-refractivity contribution < 1.29 is 25.2 Å². The van der Waals surface area contributed by atoms with Gasteiger partial charge in [0.15, 0.2) is 0 Å². The number of carbonyl (C=O) groups is 1. The molecule has 5 heteroatoms. The molecule has 3 atom stereocenters. The van der Waals surface area contributed by atoms with Crippen molar-refractivity contribution in [1.29, 1.82) is 0 Å². The topological polar surface area (TPSA) is 98.0 Å². The Hall–Kier alpha value is -0.650. The van der Waals surface area contributed by atoms with Gasteiger partial charge in [0.1, 0.15) is 0 Å². The maximum atomic E-state index is 10.5. The van der Waals surface area contributed by atoms with E-state index in [0.717, 1.165) is 70.6 Å². The van der Waals surface area contributed by atoms with Crippen LogP contribution in [0.1, 0.15) is 96.8 Å². The smallest absolute Gasteiger partial charge is 0.303 e. The van der Waals surface area contributed by atoms with Gasteiger partial charge in [0, 0.05) is 13.0 Å². The van der Waals surface area contributed by atoms with Crippen LogP contribution < -0.4 is 0 Å². The van der Waals surface area contributed by atoms with Crippen LogP contribution in [0.5, 0.6) is 0 Å². The van der Waals surface area contributed by atoms with Crippen LogP contribution in [0.25, 0.3) is 0 Å². The second-order valence-electron chi connectivity index (χ2n) is 7.27. The molecule has 0 aromatic heterocycles. The molecule has 0 aliphatic carbocycles. The largest absolute Gasteiger partial charge is 0.481 e. The minimum absolute atomic E-state index is 0.00405. The highest BCUT2D eigenvalue weighted by atomic mass is 16.4. The Kier molecular flexibility index (Phi) is 16.4. The summed E-state index contributed by atoms with van der Waals surface area (Å²) < 4.78 is 0. The van der Waals surface area contributed by atoms with Gasteiger partial charge in [0.25, 0.3) is 0 Å². The first-order valence-corrected chi connectivity index (χ1v) is 10.2. The number of rotatable bonds is 18. The zero-order valence-corrected chi connectivity index (χ0v) is 16.0. The molecule has 0 aromatic rings. The van der Waals surface area contributed by atoms with Crippen molar-refractivity contribution in [2.24, 2.45) is 5.92 Å². The summed E-state index contributed by atoms with van der Waals surface area (Å²) in [5.74, 6) is -0.580. The molecule has 5 nitrogen and oxygen atoms in total. The van der Waals surface area contributed by atoms with Gasteiger partial charge in [-0.2, -0.15) is 0 Å². The predicted octanol–water partition coefficient (Wildman–Crippen LogP) is 3.88. The maximum absolute atomic E-state index is 10.5. The standard InChI is InChI=1S/C20H40O5/c1-2-3-6-12-18(22)13-9-11-17(19(23)15-16-21)10-7-4-5-8-14-20(24)25/h17-19,21-23H,2-16H2,1H3,(H,24,25). The molecule has 0 spiro atoms. The molecule has 0 fully saturated rings. The van der Waals surface area contributed by atoms with E-state index in [2.05, 4.69) is 6.92 Å². The first kappa shape index (κ1) is 24.4. The molecule has 0 saturated carbocycles. The highest BCUT2D eigenvalue weighted by molar-refractivity contribution is 5.66.